The molecule has 7 heteroatoms. The van der Waals surface area contributed by atoms with Crippen LogP contribution in [0.25, 0.3) is 0 Å². The van der Waals surface area contributed by atoms with Gasteiger partial charge in [-0.3, -0.25) is 4.79 Å². The number of hydrogen-bond donors (Lipinski definition) is 2. The highest BCUT2D eigenvalue weighted by Crippen LogP contribution is 2.37. The van der Waals surface area contributed by atoms with Crippen LogP contribution in [0.1, 0.15) is 28.6 Å². The zero-order chi connectivity index (χ0) is 18.8. The summed E-state index contributed by atoms with van der Waals surface area (Å²) in [5.74, 6) is 0.756. The molecule has 2 aromatic carbocycles. The maximum atomic E-state index is 13.0. The topological polar surface area (TPSA) is 71.8 Å². The molecule has 0 saturated heterocycles. The summed E-state index contributed by atoms with van der Waals surface area (Å²) in [5, 5.41) is 11.7. The fourth-order valence-electron chi connectivity index (χ4n) is 3.07. The molecule has 2 N–H and O–H groups in total. The zero-order valence-electron chi connectivity index (χ0n) is 15.2. The maximum absolute atomic E-state index is 13.0. The summed E-state index contributed by atoms with van der Waals surface area (Å²) in [6.07, 6.45) is 0. The Morgan fingerprint density at radius 2 is 1.85 bits per heavy atom. The van der Waals surface area contributed by atoms with E-state index in [1.165, 1.54) is 17.3 Å². The zero-order valence-corrected chi connectivity index (χ0v) is 16.0. The summed E-state index contributed by atoms with van der Waals surface area (Å²) >= 11 is 1.44. The van der Waals surface area contributed by atoms with Gasteiger partial charge in [0.15, 0.2) is 0 Å². The molecule has 4 rings (SSSR count). The molecule has 6 nitrogen and oxygen atoms in total. The van der Waals surface area contributed by atoms with E-state index in [-0.39, 0.29) is 17.2 Å². The van der Waals surface area contributed by atoms with Gasteiger partial charge in [0.2, 0.25) is 11.1 Å². The average molecular weight is 379 g/mol. The van der Waals surface area contributed by atoms with E-state index in [0.717, 1.165) is 17.0 Å². The Bertz CT molecular complexity index is 939. The van der Waals surface area contributed by atoms with E-state index in [4.69, 9.17) is 0 Å². The monoisotopic (exact) mass is 379 g/mol. The van der Waals surface area contributed by atoms with Crippen molar-refractivity contribution in [3.05, 3.63) is 77.1 Å². The van der Waals surface area contributed by atoms with Gasteiger partial charge in [-0.25, -0.2) is 4.68 Å². The number of nitrogens with zero attached hydrogens (tertiary/aromatic N) is 3. The lowest BCUT2D eigenvalue weighted by atomic mass is 10.0. The minimum Gasteiger partial charge on any atom is -0.351 e. The van der Waals surface area contributed by atoms with E-state index in [0.29, 0.717) is 11.7 Å². The van der Waals surface area contributed by atoms with Gasteiger partial charge in [0, 0.05) is 6.54 Å². The molecule has 0 fully saturated rings. The normalized spacial score (nSPS) is 18.4. The third-order valence-electron chi connectivity index (χ3n) is 4.60. The Morgan fingerprint density at radius 1 is 1.11 bits per heavy atom. The molecule has 138 valence electrons. The molecule has 1 aliphatic heterocycles. The number of benzene rings is 2. The summed E-state index contributed by atoms with van der Waals surface area (Å²) in [7, 11) is 0. The van der Waals surface area contributed by atoms with Crippen molar-refractivity contribution < 1.29 is 4.79 Å². The van der Waals surface area contributed by atoms with Crippen molar-refractivity contribution in [3.8, 4) is 0 Å². The summed E-state index contributed by atoms with van der Waals surface area (Å²) in [5.41, 5.74) is 6.74. The smallest absolute Gasteiger partial charge is 0.236 e. The minimum atomic E-state index is -0.340. The second-order valence-corrected chi connectivity index (χ2v) is 7.73. The number of nitrogens with one attached hydrogen (secondary N) is 2. The van der Waals surface area contributed by atoms with Crippen LogP contribution in [0.4, 0.5) is 0 Å². The Hall–Kier alpha value is -2.80. The molecule has 27 heavy (non-hydrogen) atoms. The van der Waals surface area contributed by atoms with Crippen molar-refractivity contribution in [2.45, 2.75) is 36.8 Å². The summed E-state index contributed by atoms with van der Waals surface area (Å²) < 4.78 is 1.86. The molecule has 1 amide bonds. The lowest BCUT2D eigenvalue weighted by Crippen LogP contribution is -2.44. The Balaban J connectivity index is 1.59. The maximum Gasteiger partial charge on any atom is 0.236 e. The number of thioether (sulfide) groups is 1. The van der Waals surface area contributed by atoms with E-state index in [2.05, 4.69) is 52.1 Å². The van der Waals surface area contributed by atoms with Crippen molar-refractivity contribution in [1.29, 1.82) is 0 Å². The number of carbonyl (C=O) groups is 1. The van der Waals surface area contributed by atoms with Crippen molar-refractivity contribution in [3.63, 3.8) is 0 Å². The molecule has 1 aliphatic rings. The van der Waals surface area contributed by atoms with Crippen LogP contribution in [0.5, 0.6) is 0 Å². The van der Waals surface area contributed by atoms with Gasteiger partial charge in [-0.2, -0.15) is 0 Å². The van der Waals surface area contributed by atoms with Crippen LogP contribution in [0.15, 0.2) is 59.8 Å². The van der Waals surface area contributed by atoms with Gasteiger partial charge in [0.05, 0.1) is 6.04 Å². The number of aromatic nitrogens is 3. The van der Waals surface area contributed by atoms with Crippen LogP contribution in [0.2, 0.25) is 0 Å². The van der Waals surface area contributed by atoms with Gasteiger partial charge in [-0.15, -0.1) is 10.2 Å². The fourth-order valence-corrected chi connectivity index (χ4v) is 4.22. The predicted molar refractivity (Wildman–Crippen MR) is 106 cm³/mol. The molecule has 0 saturated carbocycles. The third-order valence-corrected chi connectivity index (χ3v) is 5.82. The van der Waals surface area contributed by atoms with Gasteiger partial charge in [-0.05, 0) is 25.0 Å². The first-order chi connectivity index (χ1) is 13.1. The number of fused-ring (bicyclic) bond motifs is 1. The lowest BCUT2D eigenvalue weighted by Gasteiger charge is -2.32. The van der Waals surface area contributed by atoms with Crippen molar-refractivity contribution in [2.75, 3.05) is 5.43 Å². The number of carbonyl (C=O) groups excluding carboxylic acids is 1. The molecular formula is C20H21N5OS. The first-order valence-corrected chi connectivity index (χ1v) is 9.73. The molecule has 2 heterocycles. The number of amides is 1. The number of rotatable bonds is 4. The van der Waals surface area contributed by atoms with Crippen molar-refractivity contribution in [1.82, 2.24) is 20.2 Å². The highest BCUT2D eigenvalue weighted by molar-refractivity contribution is 8.00. The molecule has 0 aliphatic carbocycles. The molecule has 0 bridgehead atoms. The van der Waals surface area contributed by atoms with Gasteiger partial charge >= 0.3 is 0 Å². The number of hydrogen-bond acceptors (Lipinski definition) is 5. The van der Waals surface area contributed by atoms with Crippen LogP contribution >= 0.6 is 11.8 Å². The number of aryl methyl sites for hydroxylation is 2. The third kappa shape index (κ3) is 3.68. The highest BCUT2D eigenvalue weighted by atomic mass is 32.2. The molecule has 0 radical (unpaired) electrons. The van der Waals surface area contributed by atoms with Crippen LogP contribution in [-0.4, -0.2) is 26.0 Å². The minimum absolute atomic E-state index is 0.0196. The summed E-state index contributed by atoms with van der Waals surface area (Å²) in [4.78, 5) is 13.0. The van der Waals surface area contributed by atoms with Crippen LogP contribution < -0.4 is 10.7 Å². The van der Waals surface area contributed by atoms with Crippen molar-refractivity contribution in [2.24, 2.45) is 0 Å². The second kappa shape index (κ2) is 7.44. The van der Waals surface area contributed by atoms with E-state index in [1.54, 1.807) is 0 Å². The van der Waals surface area contributed by atoms with Gasteiger partial charge in [0.25, 0.3) is 0 Å². The van der Waals surface area contributed by atoms with Gasteiger partial charge in [0.1, 0.15) is 11.1 Å². The van der Waals surface area contributed by atoms with Crippen LogP contribution in [0.3, 0.4) is 0 Å². The Morgan fingerprint density at radius 3 is 2.59 bits per heavy atom. The predicted octanol–water partition coefficient (Wildman–Crippen LogP) is 2.97. The highest BCUT2D eigenvalue weighted by Gasteiger charge is 2.37. The molecule has 2 unspecified atom stereocenters. The van der Waals surface area contributed by atoms with E-state index in [1.807, 2.05) is 41.9 Å². The molecule has 3 aromatic rings. The average Bonchev–Trinajstić information content (AvgIpc) is 3.07. The summed E-state index contributed by atoms with van der Waals surface area (Å²) in [6, 6.07) is 18.0. The van der Waals surface area contributed by atoms with Crippen LogP contribution in [-0.2, 0) is 11.3 Å². The molecule has 2 atom stereocenters. The Labute approximate surface area is 162 Å². The van der Waals surface area contributed by atoms with Crippen molar-refractivity contribution >= 4 is 17.7 Å². The van der Waals surface area contributed by atoms with E-state index < -0.39 is 0 Å². The lowest BCUT2D eigenvalue weighted by molar-refractivity contribution is -0.121. The molecule has 1 aromatic heterocycles. The second-order valence-electron chi connectivity index (χ2n) is 6.62. The van der Waals surface area contributed by atoms with Gasteiger partial charge < -0.3 is 10.7 Å². The first-order valence-electron chi connectivity index (χ1n) is 8.85. The quantitative estimate of drug-likeness (QED) is 0.729. The van der Waals surface area contributed by atoms with Gasteiger partial charge in [-0.1, -0.05) is 71.9 Å². The largest absolute Gasteiger partial charge is 0.351 e. The first kappa shape index (κ1) is 17.6. The SMILES string of the molecule is Cc1ccc(C2Nn3c(C)nnc3SC2C(=O)NCc2ccccc2)cc1. The summed E-state index contributed by atoms with van der Waals surface area (Å²) in [6.45, 7) is 4.45. The van der Waals surface area contributed by atoms with Crippen LogP contribution in [0, 0.1) is 13.8 Å². The standard InChI is InChI=1S/C20H21N5OS/c1-13-8-10-16(11-9-13)17-18(27-20-23-22-14(2)25(20)24-17)19(26)21-12-15-6-4-3-5-7-15/h3-11,17-18,24H,12H2,1-2H3,(H,21,26). The van der Waals surface area contributed by atoms with E-state index in [9.17, 15) is 4.79 Å². The molecular weight excluding hydrogens is 358 g/mol. The fraction of sp³-hybridized carbons (Fsp3) is 0.250. The molecule has 0 spiro atoms. The van der Waals surface area contributed by atoms with E-state index >= 15 is 0 Å². The Kier molecular flexibility index (Phi) is 4.85.